The van der Waals surface area contributed by atoms with Crippen molar-refractivity contribution in [1.82, 2.24) is 19.3 Å². The van der Waals surface area contributed by atoms with Gasteiger partial charge >= 0.3 is 11.8 Å². The topological polar surface area (TPSA) is 123 Å². The summed E-state index contributed by atoms with van der Waals surface area (Å²) in [6.07, 6.45) is 9.90. The van der Waals surface area contributed by atoms with Crippen molar-refractivity contribution in [3.05, 3.63) is 60.3 Å². The highest BCUT2D eigenvalue weighted by Gasteiger charge is 2.34. The molecule has 2 atom stereocenters. The van der Waals surface area contributed by atoms with E-state index in [0.717, 1.165) is 24.1 Å². The summed E-state index contributed by atoms with van der Waals surface area (Å²) in [6.45, 7) is 2.55. The molecule has 3 amide bonds. The Morgan fingerprint density at radius 1 is 1.20 bits per heavy atom. The average Bonchev–Trinajstić information content (AvgIpc) is 3.21. The SMILES string of the molecule is C[C@@H]1CC[C@@H](c2ccc3nccn3c2)N(C(=O)C(=O)Nc2cncc(C(N)=O)c2)C1. The molecule has 1 fully saturated rings. The van der Waals surface area contributed by atoms with Gasteiger partial charge in [0.1, 0.15) is 5.65 Å². The van der Waals surface area contributed by atoms with Crippen molar-refractivity contribution in [2.75, 3.05) is 11.9 Å². The molecule has 9 nitrogen and oxygen atoms in total. The van der Waals surface area contributed by atoms with Gasteiger partial charge in [-0.05, 0) is 36.5 Å². The Balaban J connectivity index is 1.56. The number of anilines is 1. The highest BCUT2D eigenvalue weighted by molar-refractivity contribution is 6.39. The number of piperidine rings is 1. The van der Waals surface area contributed by atoms with Gasteiger partial charge in [-0.15, -0.1) is 0 Å². The number of nitrogens with zero attached hydrogens (tertiary/aromatic N) is 4. The molecule has 0 saturated carbocycles. The molecular weight excluding hydrogens is 384 g/mol. The summed E-state index contributed by atoms with van der Waals surface area (Å²) in [7, 11) is 0. The molecule has 1 aliphatic heterocycles. The second kappa shape index (κ2) is 7.94. The highest BCUT2D eigenvalue weighted by Crippen LogP contribution is 2.33. The largest absolute Gasteiger partial charge is 0.366 e. The number of rotatable bonds is 3. The fraction of sp³-hybridized carbons (Fsp3) is 0.286. The van der Waals surface area contributed by atoms with Gasteiger partial charge in [0.25, 0.3) is 0 Å². The van der Waals surface area contributed by atoms with Crippen LogP contribution in [0.5, 0.6) is 0 Å². The quantitative estimate of drug-likeness (QED) is 0.642. The van der Waals surface area contributed by atoms with Crippen molar-refractivity contribution in [3.63, 3.8) is 0 Å². The first-order valence-corrected chi connectivity index (χ1v) is 9.72. The van der Waals surface area contributed by atoms with Crippen LogP contribution in [0.2, 0.25) is 0 Å². The minimum atomic E-state index is -0.777. The maximum Gasteiger partial charge on any atom is 0.313 e. The summed E-state index contributed by atoms with van der Waals surface area (Å²) in [5.74, 6) is -1.78. The second-order valence-corrected chi connectivity index (χ2v) is 7.59. The normalized spacial score (nSPS) is 18.9. The third-order valence-corrected chi connectivity index (χ3v) is 5.35. The van der Waals surface area contributed by atoms with E-state index in [1.165, 1.54) is 18.5 Å². The van der Waals surface area contributed by atoms with Gasteiger partial charge in [-0.25, -0.2) is 4.98 Å². The number of nitrogens with two attached hydrogens (primary N) is 1. The van der Waals surface area contributed by atoms with Gasteiger partial charge in [0.05, 0.1) is 23.5 Å². The first kappa shape index (κ1) is 19.6. The molecule has 0 spiro atoms. The molecule has 1 saturated heterocycles. The minimum Gasteiger partial charge on any atom is -0.366 e. The molecule has 9 heteroatoms. The third-order valence-electron chi connectivity index (χ3n) is 5.35. The van der Waals surface area contributed by atoms with Crippen LogP contribution < -0.4 is 11.1 Å². The number of hydrogen-bond acceptors (Lipinski definition) is 5. The number of likely N-dealkylation sites (tertiary alicyclic amines) is 1. The van der Waals surface area contributed by atoms with E-state index in [0.29, 0.717) is 6.54 Å². The summed E-state index contributed by atoms with van der Waals surface area (Å²) < 4.78 is 1.90. The van der Waals surface area contributed by atoms with Gasteiger partial charge in [0.2, 0.25) is 5.91 Å². The van der Waals surface area contributed by atoms with E-state index >= 15 is 0 Å². The van der Waals surface area contributed by atoms with Gasteiger partial charge in [0.15, 0.2) is 0 Å². The number of carbonyl (C=O) groups excluding carboxylic acids is 3. The summed E-state index contributed by atoms with van der Waals surface area (Å²) in [5.41, 5.74) is 7.41. The van der Waals surface area contributed by atoms with E-state index in [2.05, 4.69) is 22.2 Å². The van der Waals surface area contributed by atoms with Crippen LogP contribution in [0.25, 0.3) is 5.65 Å². The van der Waals surface area contributed by atoms with Crippen molar-refractivity contribution in [3.8, 4) is 0 Å². The van der Waals surface area contributed by atoms with Crippen LogP contribution >= 0.6 is 0 Å². The van der Waals surface area contributed by atoms with Crippen LogP contribution in [0, 0.1) is 5.92 Å². The maximum absolute atomic E-state index is 13.0. The molecule has 0 aliphatic carbocycles. The van der Waals surface area contributed by atoms with Crippen molar-refractivity contribution < 1.29 is 14.4 Å². The predicted octanol–water partition coefficient (Wildman–Crippen LogP) is 1.77. The van der Waals surface area contributed by atoms with Gasteiger partial charge in [0, 0.05) is 31.3 Å². The number of pyridine rings is 2. The van der Waals surface area contributed by atoms with Crippen LogP contribution in [0.3, 0.4) is 0 Å². The molecule has 0 radical (unpaired) electrons. The van der Waals surface area contributed by atoms with Gasteiger partial charge in [-0.1, -0.05) is 13.0 Å². The number of amides is 3. The number of hydrogen-bond donors (Lipinski definition) is 2. The zero-order valence-electron chi connectivity index (χ0n) is 16.5. The lowest BCUT2D eigenvalue weighted by atomic mass is 9.90. The molecule has 4 heterocycles. The highest BCUT2D eigenvalue weighted by atomic mass is 16.2. The number of imidazole rings is 1. The molecule has 3 N–H and O–H groups in total. The molecule has 1 aliphatic rings. The molecule has 4 rings (SSSR count). The van der Waals surface area contributed by atoms with E-state index in [-0.39, 0.29) is 23.2 Å². The lowest BCUT2D eigenvalue weighted by Gasteiger charge is -2.38. The Morgan fingerprint density at radius 2 is 2.03 bits per heavy atom. The number of primary amides is 1. The standard InChI is InChI=1S/C21H22N6O3/c1-13-2-4-17(14-3-5-18-24-6-7-26(18)12-14)27(11-13)21(30)20(29)25-16-8-15(19(22)28)9-23-10-16/h3,5-10,12-13,17H,2,4,11H2,1H3,(H2,22,28)(H,25,29)/t13-,17+/m1/s1. The van der Waals surface area contributed by atoms with Crippen LogP contribution in [-0.2, 0) is 9.59 Å². The molecule has 3 aromatic rings. The second-order valence-electron chi connectivity index (χ2n) is 7.59. The Kier molecular flexibility index (Phi) is 5.18. The van der Waals surface area contributed by atoms with E-state index in [1.54, 1.807) is 11.1 Å². The Labute approximate surface area is 172 Å². The van der Waals surface area contributed by atoms with Crippen molar-refractivity contribution in [2.45, 2.75) is 25.8 Å². The van der Waals surface area contributed by atoms with Gasteiger partial charge in [-0.2, -0.15) is 0 Å². The molecule has 0 unspecified atom stereocenters. The van der Waals surface area contributed by atoms with E-state index in [1.807, 2.05) is 28.9 Å². The molecular formula is C21H22N6O3. The predicted molar refractivity (Wildman–Crippen MR) is 109 cm³/mol. The zero-order chi connectivity index (χ0) is 21.3. The molecule has 0 aromatic carbocycles. The van der Waals surface area contributed by atoms with Crippen LogP contribution in [0.1, 0.15) is 41.7 Å². The Bertz CT molecular complexity index is 1120. The number of aromatic nitrogens is 3. The monoisotopic (exact) mass is 406 g/mol. The fourth-order valence-corrected chi connectivity index (χ4v) is 3.82. The summed E-state index contributed by atoms with van der Waals surface area (Å²) in [4.78, 5) is 46.8. The zero-order valence-corrected chi connectivity index (χ0v) is 16.5. The Hall–Kier alpha value is -3.75. The van der Waals surface area contributed by atoms with Crippen LogP contribution in [-0.4, -0.2) is 43.5 Å². The summed E-state index contributed by atoms with van der Waals surface area (Å²) in [6, 6.07) is 5.03. The van der Waals surface area contributed by atoms with Gasteiger partial charge < -0.3 is 20.4 Å². The lowest BCUT2D eigenvalue weighted by molar-refractivity contribution is -0.146. The lowest BCUT2D eigenvalue weighted by Crippen LogP contribution is -2.46. The average molecular weight is 406 g/mol. The smallest absolute Gasteiger partial charge is 0.313 e. The van der Waals surface area contributed by atoms with Crippen molar-refractivity contribution in [2.24, 2.45) is 11.7 Å². The summed E-state index contributed by atoms with van der Waals surface area (Å²) >= 11 is 0. The molecule has 154 valence electrons. The van der Waals surface area contributed by atoms with E-state index in [9.17, 15) is 14.4 Å². The van der Waals surface area contributed by atoms with Crippen molar-refractivity contribution in [1.29, 1.82) is 0 Å². The Morgan fingerprint density at radius 3 is 2.83 bits per heavy atom. The number of nitrogens with one attached hydrogen (secondary N) is 1. The first-order valence-electron chi connectivity index (χ1n) is 9.72. The molecule has 0 bridgehead atoms. The van der Waals surface area contributed by atoms with E-state index in [4.69, 9.17) is 5.73 Å². The number of carbonyl (C=O) groups is 3. The minimum absolute atomic E-state index is 0.151. The van der Waals surface area contributed by atoms with Gasteiger partial charge in [-0.3, -0.25) is 19.4 Å². The number of fused-ring (bicyclic) bond motifs is 1. The maximum atomic E-state index is 13.0. The molecule has 30 heavy (non-hydrogen) atoms. The summed E-state index contributed by atoms with van der Waals surface area (Å²) in [5, 5.41) is 2.53. The van der Waals surface area contributed by atoms with Crippen LogP contribution in [0.15, 0.2) is 49.2 Å². The van der Waals surface area contributed by atoms with E-state index < -0.39 is 17.7 Å². The first-order chi connectivity index (χ1) is 14.4. The van der Waals surface area contributed by atoms with Crippen LogP contribution in [0.4, 0.5) is 5.69 Å². The fourth-order valence-electron chi connectivity index (χ4n) is 3.82. The third kappa shape index (κ3) is 3.86. The molecule has 3 aromatic heterocycles. The van der Waals surface area contributed by atoms with Crippen molar-refractivity contribution >= 4 is 29.1 Å².